The zero-order chi connectivity index (χ0) is 11.2. The lowest BCUT2D eigenvalue weighted by atomic mass is 10.2. The maximum Gasteiger partial charge on any atom is 0.127 e. The summed E-state index contributed by atoms with van der Waals surface area (Å²) in [5.74, 6) is 3.32. The first kappa shape index (κ1) is 11.9. The summed E-state index contributed by atoms with van der Waals surface area (Å²) in [5, 5.41) is 3.28. The molecule has 1 fully saturated rings. The minimum absolute atomic E-state index is 0.111. The maximum atomic E-state index is 13.2. The number of thioether (sulfide) groups is 1. The van der Waals surface area contributed by atoms with Crippen LogP contribution in [0.5, 0.6) is 0 Å². The van der Waals surface area contributed by atoms with Gasteiger partial charge < -0.3 is 5.32 Å². The van der Waals surface area contributed by atoms with Crippen LogP contribution in [0.3, 0.4) is 0 Å². The molecule has 3 heteroatoms. The molecule has 0 spiro atoms. The lowest BCUT2D eigenvalue weighted by molar-refractivity contribution is 0.594. The summed E-state index contributed by atoms with van der Waals surface area (Å²) in [6.07, 6.45) is 2.85. The van der Waals surface area contributed by atoms with Crippen molar-refractivity contribution in [1.82, 2.24) is 5.32 Å². The van der Waals surface area contributed by atoms with Crippen molar-refractivity contribution in [3.05, 3.63) is 35.6 Å². The summed E-state index contributed by atoms with van der Waals surface area (Å²) < 4.78 is 13.2. The average Bonchev–Trinajstić information content (AvgIpc) is 3.09. The van der Waals surface area contributed by atoms with Gasteiger partial charge >= 0.3 is 0 Å². The largest absolute Gasteiger partial charge is 0.312 e. The van der Waals surface area contributed by atoms with Crippen LogP contribution in [0.15, 0.2) is 24.3 Å². The van der Waals surface area contributed by atoms with E-state index < -0.39 is 0 Å². The molecule has 1 nitrogen and oxygen atoms in total. The molecule has 1 saturated carbocycles. The Bertz CT molecular complexity index is 325. The highest BCUT2D eigenvalue weighted by Gasteiger charge is 2.20. The van der Waals surface area contributed by atoms with Crippen LogP contribution in [-0.2, 0) is 6.54 Å². The van der Waals surface area contributed by atoms with Crippen LogP contribution in [0.25, 0.3) is 0 Å². The van der Waals surface area contributed by atoms with Crippen LogP contribution >= 0.6 is 11.8 Å². The van der Waals surface area contributed by atoms with E-state index in [9.17, 15) is 4.39 Å². The second-order valence-electron chi connectivity index (χ2n) is 4.29. The Hall–Kier alpha value is -0.540. The van der Waals surface area contributed by atoms with Crippen LogP contribution in [0.1, 0.15) is 18.4 Å². The Morgan fingerprint density at radius 1 is 1.31 bits per heavy atom. The Morgan fingerprint density at radius 3 is 2.88 bits per heavy atom. The Morgan fingerprint density at radius 2 is 2.12 bits per heavy atom. The molecular weight excluding hydrogens is 221 g/mol. The van der Waals surface area contributed by atoms with E-state index in [1.165, 1.54) is 24.7 Å². The minimum atomic E-state index is -0.111. The topological polar surface area (TPSA) is 12.0 Å². The molecule has 0 heterocycles. The number of nitrogens with one attached hydrogen (secondary N) is 1. The monoisotopic (exact) mass is 239 g/mol. The number of hydrogen-bond donors (Lipinski definition) is 1. The van der Waals surface area contributed by atoms with Gasteiger partial charge in [-0.1, -0.05) is 18.2 Å². The summed E-state index contributed by atoms with van der Waals surface area (Å²) in [4.78, 5) is 0. The van der Waals surface area contributed by atoms with Crippen LogP contribution in [-0.4, -0.2) is 18.1 Å². The van der Waals surface area contributed by atoms with Crippen LogP contribution in [0, 0.1) is 11.7 Å². The zero-order valence-corrected chi connectivity index (χ0v) is 10.2. The molecule has 0 aromatic heterocycles. The SMILES string of the molecule is Fc1ccccc1CNCCSCC1CC1. The highest BCUT2D eigenvalue weighted by molar-refractivity contribution is 7.99. The summed E-state index contributed by atoms with van der Waals surface area (Å²) in [5.41, 5.74) is 0.759. The molecule has 0 bridgehead atoms. The van der Waals surface area contributed by atoms with Gasteiger partial charge in [0, 0.05) is 24.4 Å². The van der Waals surface area contributed by atoms with Gasteiger partial charge in [-0.05, 0) is 30.6 Å². The van der Waals surface area contributed by atoms with Gasteiger partial charge in [0.05, 0.1) is 0 Å². The molecule has 2 rings (SSSR count). The molecule has 0 aliphatic heterocycles. The number of benzene rings is 1. The minimum Gasteiger partial charge on any atom is -0.312 e. The molecule has 0 saturated heterocycles. The van der Waals surface area contributed by atoms with E-state index >= 15 is 0 Å². The van der Waals surface area contributed by atoms with E-state index in [-0.39, 0.29) is 5.82 Å². The fraction of sp³-hybridized carbons (Fsp3) is 0.538. The van der Waals surface area contributed by atoms with Crippen molar-refractivity contribution in [2.75, 3.05) is 18.1 Å². The fourth-order valence-electron chi connectivity index (χ4n) is 1.54. The first-order chi connectivity index (χ1) is 7.86. The lowest BCUT2D eigenvalue weighted by Gasteiger charge is -2.05. The molecule has 1 aromatic rings. The number of hydrogen-bond acceptors (Lipinski definition) is 2. The number of halogens is 1. The fourth-order valence-corrected chi connectivity index (χ4v) is 2.67. The van der Waals surface area contributed by atoms with E-state index in [4.69, 9.17) is 0 Å². The van der Waals surface area contributed by atoms with Crippen LogP contribution in [0.4, 0.5) is 4.39 Å². The van der Waals surface area contributed by atoms with Crippen molar-refractivity contribution in [2.24, 2.45) is 5.92 Å². The molecule has 16 heavy (non-hydrogen) atoms. The van der Waals surface area contributed by atoms with Gasteiger partial charge in [-0.3, -0.25) is 0 Å². The van der Waals surface area contributed by atoms with Gasteiger partial charge in [0.1, 0.15) is 5.82 Å². The molecule has 1 aromatic carbocycles. The molecule has 1 aliphatic carbocycles. The van der Waals surface area contributed by atoms with Crippen molar-refractivity contribution in [3.63, 3.8) is 0 Å². The van der Waals surface area contributed by atoms with Crippen LogP contribution < -0.4 is 5.32 Å². The molecule has 0 amide bonds. The smallest absolute Gasteiger partial charge is 0.127 e. The Balaban J connectivity index is 1.55. The molecular formula is C13H18FNS. The van der Waals surface area contributed by atoms with Gasteiger partial charge in [0.15, 0.2) is 0 Å². The predicted octanol–water partition coefficient (Wildman–Crippen LogP) is 3.06. The summed E-state index contributed by atoms with van der Waals surface area (Å²) in [6, 6.07) is 6.95. The molecule has 0 radical (unpaired) electrons. The number of rotatable bonds is 7. The van der Waals surface area contributed by atoms with E-state index in [0.717, 1.165) is 23.8 Å². The normalized spacial score (nSPS) is 15.3. The first-order valence-corrected chi connectivity index (χ1v) is 7.03. The van der Waals surface area contributed by atoms with Crippen molar-refractivity contribution >= 4 is 11.8 Å². The molecule has 0 atom stereocenters. The summed E-state index contributed by atoms with van der Waals surface area (Å²) >= 11 is 2.01. The van der Waals surface area contributed by atoms with Gasteiger partial charge in [-0.15, -0.1) is 0 Å². The zero-order valence-electron chi connectivity index (χ0n) is 9.42. The van der Waals surface area contributed by atoms with E-state index in [1.807, 2.05) is 23.9 Å². The standard InChI is InChI=1S/C13H18FNS/c14-13-4-2-1-3-12(13)9-15-7-8-16-10-11-5-6-11/h1-4,11,15H,5-10H2. The van der Waals surface area contributed by atoms with Crippen molar-refractivity contribution in [3.8, 4) is 0 Å². The predicted molar refractivity (Wildman–Crippen MR) is 68.2 cm³/mol. The van der Waals surface area contributed by atoms with Gasteiger partial charge in [-0.25, -0.2) is 4.39 Å². The second-order valence-corrected chi connectivity index (χ2v) is 5.44. The Labute approximate surface area is 101 Å². The highest BCUT2D eigenvalue weighted by atomic mass is 32.2. The van der Waals surface area contributed by atoms with E-state index in [1.54, 1.807) is 6.07 Å². The molecule has 0 unspecified atom stereocenters. The third-order valence-electron chi connectivity index (χ3n) is 2.75. The van der Waals surface area contributed by atoms with Gasteiger partial charge in [0.2, 0.25) is 0 Å². The van der Waals surface area contributed by atoms with Crippen molar-refractivity contribution in [2.45, 2.75) is 19.4 Å². The third kappa shape index (κ3) is 4.14. The van der Waals surface area contributed by atoms with Crippen molar-refractivity contribution in [1.29, 1.82) is 0 Å². The highest BCUT2D eigenvalue weighted by Crippen LogP contribution is 2.32. The van der Waals surface area contributed by atoms with Crippen molar-refractivity contribution < 1.29 is 4.39 Å². The average molecular weight is 239 g/mol. The first-order valence-electron chi connectivity index (χ1n) is 5.88. The van der Waals surface area contributed by atoms with Gasteiger partial charge in [-0.2, -0.15) is 11.8 Å². The van der Waals surface area contributed by atoms with E-state index in [2.05, 4.69) is 5.32 Å². The quantitative estimate of drug-likeness (QED) is 0.734. The summed E-state index contributed by atoms with van der Waals surface area (Å²) in [7, 11) is 0. The molecule has 1 N–H and O–H groups in total. The maximum absolute atomic E-state index is 13.2. The second kappa shape index (κ2) is 6.26. The molecule has 88 valence electrons. The summed E-state index contributed by atoms with van der Waals surface area (Å²) in [6.45, 7) is 1.60. The van der Waals surface area contributed by atoms with E-state index in [0.29, 0.717) is 6.54 Å². The van der Waals surface area contributed by atoms with Gasteiger partial charge in [0.25, 0.3) is 0 Å². The molecule has 1 aliphatic rings. The van der Waals surface area contributed by atoms with Crippen LogP contribution in [0.2, 0.25) is 0 Å². The Kier molecular flexibility index (Phi) is 4.67. The third-order valence-corrected chi connectivity index (χ3v) is 3.95. The lowest BCUT2D eigenvalue weighted by Crippen LogP contribution is -2.17.